The van der Waals surface area contributed by atoms with Crippen molar-refractivity contribution in [3.63, 3.8) is 0 Å². The van der Waals surface area contributed by atoms with Crippen molar-refractivity contribution >= 4 is 11.4 Å². The van der Waals surface area contributed by atoms with Gasteiger partial charge in [0.25, 0.3) is 0 Å². The Labute approximate surface area is 100 Å². The number of hydrogen-bond donors (Lipinski definition) is 2. The van der Waals surface area contributed by atoms with E-state index in [1.54, 1.807) is 12.4 Å². The average molecular weight is 229 g/mol. The summed E-state index contributed by atoms with van der Waals surface area (Å²) in [5, 5.41) is 3.23. The Morgan fingerprint density at radius 1 is 1.12 bits per heavy atom. The molecule has 0 aliphatic carbocycles. The van der Waals surface area contributed by atoms with E-state index >= 15 is 0 Å². The number of ether oxygens (including phenoxy) is 1. The van der Waals surface area contributed by atoms with Gasteiger partial charge in [-0.1, -0.05) is 12.1 Å². The Bertz CT molecular complexity index is 459. The number of benzene rings is 1. The van der Waals surface area contributed by atoms with Gasteiger partial charge < -0.3 is 15.8 Å². The summed E-state index contributed by atoms with van der Waals surface area (Å²) in [6, 6.07) is 11.3. The number of nitrogens with two attached hydrogens (primary N) is 1. The van der Waals surface area contributed by atoms with Crippen LogP contribution in [0.1, 0.15) is 0 Å². The van der Waals surface area contributed by atoms with E-state index in [1.807, 2.05) is 36.4 Å². The Balaban J connectivity index is 1.76. The molecule has 0 unspecified atom stereocenters. The normalized spacial score (nSPS) is 9.88. The van der Waals surface area contributed by atoms with Gasteiger partial charge in [0.05, 0.1) is 5.69 Å². The minimum absolute atomic E-state index is 0.566. The molecule has 0 fully saturated rings. The van der Waals surface area contributed by atoms with Crippen molar-refractivity contribution < 1.29 is 4.74 Å². The predicted molar refractivity (Wildman–Crippen MR) is 69.1 cm³/mol. The molecule has 0 radical (unpaired) electrons. The van der Waals surface area contributed by atoms with E-state index in [-0.39, 0.29) is 0 Å². The zero-order valence-corrected chi connectivity index (χ0v) is 9.47. The lowest BCUT2D eigenvalue weighted by molar-refractivity contribution is 0.334. The predicted octanol–water partition coefficient (Wildman–Crippen LogP) is 2.15. The Hall–Kier alpha value is -2.23. The van der Waals surface area contributed by atoms with Gasteiger partial charge in [-0.05, 0) is 24.3 Å². The monoisotopic (exact) mass is 229 g/mol. The topological polar surface area (TPSA) is 60.2 Å². The summed E-state index contributed by atoms with van der Waals surface area (Å²) in [4.78, 5) is 3.95. The van der Waals surface area contributed by atoms with Gasteiger partial charge in [-0.2, -0.15) is 0 Å². The molecule has 2 rings (SSSR count). The molecule has 0 spiro atoms. The fourth-order valence-corrected chi connectivity index (χ4v) is 1.44. The van der Waals surface area contributed by atoms with Gasteiger partial charge in [0.1, 0.15) is 12.4 Å². The molecule has 1 aromatic carbocycles. The summed E-state index contributed by atoms with van der Waals surface area (Å²) < 4.78 is 5.56. The van der Waals surface area contributed by atoms with Gasteiger partial charge in [0, 0.05) is 24.6 Å². The molecule has 4 heteroatoms. The van der Waals surface area contributed by atoms with Gasteiger partial charge in [-0.15, -0.1) is 0 Å². The molecule has 0 aliphatic rings. The summed E-state index contributed by atoms with van der Waals surface area (Å²) in [5.74, 6) is 0.726. The number of anilines is 2. The molecular formula is C13H15N3O. The van der Waals surface area contributed by atoms with Crippen LogP contribution in [0.4, 0.5) is 11.4 Å². The van der Waals surface area contributed by atoms with Crippen LogP contribution >= 0.6 is 0 Å². The number of nitrogens with one attached hydrogen (secondary N) is 1. The lowest BCUT2D eigenvalue weighted by Gasteiger charge is -2.09. The van der Waals surface area contributed by atoms with Crippen LogP contribution in [0.15, 0.2) is 48.8 Å². The highest BCUT2D eigenvalue weighted by atomic mass is 16.5. The van der Waals surface area contributed by atoms with Crippen LogP contribution in [0.3, 0.4) is 0 Å². The zero-order valence-electron chi connectivity index (χ0n) is 9.47. The number of nitrogens with zero attached hydrogens (tertiary/aromatic N) is 1. The number of rotatable bonds is 5. The van der Waals surface area contributed by atoms with Crippen LogP contribution in [0, 0.1) is 0 Å². The number of pyridine rings is 1. The number of aromatic nitrogens is 1. The highest BCUT2D eigenvalue weighted by Gasteiger charge is 1.97. The van der Waals surface area contributed by atoms with Crippen molar-refractivity contribution in [1.82, 2.24) is 4.98 Å². The lowest BCUT2D eigenvalue weighted by atomic mass is 10.3. The molecule has 0 saturated heterocycles. The van der Waals surface area contributed by atoms with Crippen LogP contribution in [0.5, 0.6) is 5.75 Å². The molecule has 17 heavy (non-hydrogen) atoms. The molecule has 0 aliphatic heterocycles. The van der Waals surface area contributed by atoms with E-state index in [0.29, 0.717) is 12.3 Å². The van der Waals surface area contributed by atoms with Crippen molar-refractivity contribution in [1.29, 1.82) is 0 Å². The fourth-order valence-electron chi connectivity index (χ4n) is 1.44. The molecule has 88 valence electrons. The van der Waals surface area contributed by atoms with Crippen LogP contribution in [0.2, 0.25) is 0 Å². The van der Waals surface area contributed by atoms with E-state index in [0.717, 1.165) is 18.0 Å². The third kappa shape index (κ3) is 3.38. The smallest absolute Gasteiger partial charge is 0.142 e. The summed E-state index contributed by atoms with van der Waals surface area (Å²) >= 11 is 0. The first-order chi connectivity index (χ1) is 8.36. The summed E-state index contributed by atoms with van der Waals surface area (Å²) in [5.41, 5.74) is 7.46. The molecular weight excluding hydrogens is 214 g/mol. The van der Waals surface area contributed by atoms with E-state index < -0.39 is 0 Å². The van der Waals surface area contributed by atoms with Crippen LogP contribution in [-0.2, 0) is 0 Å². The molecule has 0 saturated carbocycles. The maximum absolute atomic E-state index is 5.76. The minimum atomic E-state index is 0.566. The quantitative estimate of drug-likeness (QED) is 0.609. The summed E-state index contributed by atoms with van der Waals surface area (Å²) in [7, 11) is 0. The standard InChI is InChI=1S/C13H15N3O/c14-12-3-1-2-4-13(12)17-10-9-16-11-5-7-15-8-6-11/h1-8H,9-10,14H2,(H,15,16). The molecule has 1 heterocycles. The first-order valence-electron chi connectivity index (χ1n) is 5.47. The Morgan fingerprint density at radius 2 is 1.88 bits per heavy atom. The third-order valence-electron chi connectivity index (χ3n) is 2.29. The lowest BCUT2D eigenvalue weighted by Crippen LogP contribution is -2.12. The average Bonchev–Trinajstić information content (AvgIpc) is 2.38. The number of para-hydroxylation sites is 2. The molecule has 0 bridgehead atoms. The molecule has 2 aromatic rings. The number of hydrogen-bond acceptors (Lipinski definition) is 4. The second-order valence-corrected chi connectivity index (χ2v) is 3.55. The zero-order chi connectivity index (χ0) is 11.9. The van der Waals surface area contributed by atoms with Crippen molar-refractivity contribution in [2.24, 2.45) is 0 Å². The largest absolute Gasteiger partial charge is 0.490 e. The highest BCUT2D eigenvalue weighted by molar-refractivity contribution is 5.51. The van der Waals surface area contributed by atoms with Gasteiger partial charge in [-0.3, -0.25) is 4.98 Å². The van der Waals surface area contributed by atoms with Crippen molar-refractivity contribution in [2.75, 3.05) is 24.2 Å². The highest BCUT2D eigenvalue weighted by Crippen LogP contribution is 2.19. The maximum Gasteiger partial charge on any atom is 0.142 e. The molecule has 3 N–H and O–H groups in total. The molecule has 4 nitrogen and oxygen atoms in total. The van der Waals surface area contributed by atoms with E-state index in [2.05, 4.69) is 10.3 Å². The SMILES string of the molecule is Nc1ccccc1OCCNc1ccncc1. The van der Waals surface area contributed by atoms with Gasteiger partial charge in [-0.25, -0.2) is 0 Å². The Morgan fingerprint density at radius 3 is 2.65 bits per heavy atom. The van der Waals surface area contributed by atoms with Crippen LogP contribution < -0.4 is 15.8 Å². The summed E-state index contributed by atoms with van der Waals surface area (Å²) in [6.07, 6.45) is 3.50. The second kappa shape index (κ2) is 5.75. The minimum Gasteiger partial charge on any atom is -0.490 e. The van der Waals surface area contributed by atoms with Gasteiger partial charge in [0.2, 0.25) is 0 Å². The fraction of sp³-hybridized carbons (Fsp3) is 0.154. The van der Waals surface area contributed by atoms with E-state index in [4.69, 9.17) is 10.5 Å². The third-order valence-corrected chi connectivity index (χ3v) is 2.29. The molecule has 0 amide bonds. The van der Waals surface area contributed by atoms with Gasteiger partial charge >= 0.3 is 0 Å². The first kappa shape index (κ1) is 11.3. The van der Waals surface area contributed by atoms with E-state index in [9.17, 15) is 0 Å². The second-order valence-electron chi connectivity index (χ2n) is 3.55. The van der Waals surface area contributed by atoms with Crippen molar-refractivity contribution in [3.05, 3.63) is 48.8 Å². The molecule has 1 aromatic heterocycles. The number of nitrogen functional groups attached to an aromatic ring is 1. The first-order valence-corrected chi connectivity index (χ1v) is 5.47. The molecule has 0 atom stereocenters. The van der Waals surface area contributed by atoms with Crippen molar-refractivity contribution in [3.8, 4) is 5.75 Å². The van der Waals surface area contributed by atoms with E-state index in [1.165, 1.54) is 0 Å². The van der Waals surface area contributed by atoms with Gasteiger partial charge in [0.15, 0.2) is 0 Å². The van der Waals surface area contributed by atoms with Crippen molar-refractivity contribution in [2.45, 2.75) is 0 Å². The summed E-state index contributed by atoms with van der Waals surface area (Å²) in [6.45, 7) is 1.29. The van der Waals surface area contributed by atoms with Crippen LogP contribution in [0.25, 0.3) is 0 Å². The maximum atomic E-state index is 5.76. The van der Waals surface area contributed by atoms with Crippen LogP contribution in [-0.4, -0.2) is 18.1 Å². The Kier molecular flexibility index (Phi) is 3.81.